The zero-order valence-electron chi connectivity index (χ0n) is 17.5. The second-order valence-electron chi connectivity index (χ2n) is 7.98. The minimum absolute atomic E-state index is 0.378. The van der Waals surface area contributed by atoms with Crippen LogP contribution in [0.15, 0.2) is 55.0 Å². The molecule has 0 radical (unpaired) electrons. The number of likely N-dealkylation sites (tertiary alicyclic amines) is 1. The number of rotatable bonds is 6. The molecule has 0 aliphatic carbocycles. The molecule has 1 aromatic carbocycles. The molecule has 2 aliphatic rings. The molecule has 3 heterocycles. The summed E-state index contributed by atoms with van der Waals surface area (Å²) >= 11 is 0. The number of aryl methyl sites for hydroxylation is 1. The van der Waals surface area contributed by atoms with Crippen LogP contribution >= 0.6 is 0 Å². The summed E-state index contributed by atoms with van der Waals surface area (Å²) in [5, 5.41) is 0. The van der Waals surface area contributed by atoms with Gasteiger partial charge in [0.25, 0.3) is 0 Å². The SMILES string of the molecule is C=C(CN1CCC(OC)C1)N1CC=C(c2ccc(-c3ncccn3)cc2C)CC1. The molecule has 1 fully saturated rings. The second kappa shape index (κ2) is 8.89. The van der Waals surface area contributed by atoms with Crippen molar-refractivity contribution in [3.63, 3.8) is 0 Å². The predicted molar refractivity (Wildman–Crippen MR) is 117 cm³/mol. The summed E-state index contributed by atoms with van der Waals surface area (Å²) in [6, 6.07) is 8.38. The fourth-order valence-electron chi connectivity index (χ4n) is 4.30. The van der Waals surface area contributed by atoms with E-state index in [1.165, 1.54) is 22.4 Å². The van der Waals surface area contributed by atoms with E-state index >= 15 is 0 Å². The highest BCUT2D eigenvalue weighted by atomic mass is 16.5. The molecule has 4 rings (SSSR count). The lowest BCUT2D eigenvalue weighted by atomic mass is 9.94. The first kappa shape index (κ1) is 19.8. The van der Waals surface area contributed by atoms with Crippen molar-refractivity contribution in [2.45, 2.75) is 25.9 Å². The Bertz CT molecular complexity index is 893. The monoisotopic (exact) mass is 390 g/mol. The number of aromatic nitrogens is 2. The lowest BCUT2D eigenvalue weighted by molar-refractivity contribution is 0.108. The van der Waals surface area contributed by atoms with Crippen LogP contribution < -0.4 is 0 Å². The molecule has 0 spiro atoms. The number of benzene rings is 1. The summed E-state index contributed by atoms with van der Waals surface area (Å²) in [4.78, 5) is 13.6. The predicted octanol–water partition coefficient (Wildman–Crippen LogP) is 3.78. The molecular formula is C24H30N4O. The lowest BCUT2D eigenvalue weighted by Gasteiger charge is -2.32. The van der Waals surface area contributed by atoms with Crippen LogP contribution in [0.4, 0.5) is 0 Å². The Morgan fingerprint density at radius 1 is 1.24 bits per heavy atom. The van der Waals surface area contributed by atoms with Gasteiger partial charge in [-0.05, 0) is 48.6 Å². The Hall–Kier alpha value is -2.50. The van der Waals surface area contributed by atoms with E-state index in [1.807, 2.05) is 6.07 Å². The molecule has 1 saturated heterocycles. The molecular weight excluding hydrogens is 360 g/mol. The maximum Gasteiger partial charge on any atom is 0.159 e. The normalized spacial score (nSPS) is 20.0. The van der Waals surface area contributed by atoms with Crippen LogP contribution in [-0.4, -0.2) is 65.7 Å². The molecule has 5 heteroatoms. The molecule has 2 aliphatic heterocycles. The van der Waals surface area contributed by atoms with Gasteiger partial charge in [-0.15, -0.1) is 0 Å². The number of methoxy groups -OCH3 is 1. The first-order valence-electron chi connectivity index (χ1n) is 10.4. The highest BCUT2D eigenvalue weighted by Gasteiger charge is 2.24. The second-order valence-corrected chi connectivity index (χ2v) is 7.98. The van der Waals surface area contributed by atoms with Gasteiger partial charge in [0, 0.05) is 63.5 Å². The van der Waals surface area contributed by atoms with Gasteiger partial charge in [0.05, 0.1) is 6.10 Å². The first-order valence-corrected chi connectivity index (χ1v) is 10.4. The van der Waals surface area contributed by atoms with Crippen LogP contribution in [0, 0.1) is 6.92 Å². The smallest absolute Gasteiger partial charge is 0.159 e. The van der Waals surface area contributed by atoms with E-state index in [2.05, 4.69) is 57.5 Å². The van der Waals surface area contributed by atoms with Gasteiger partial charge in [0.2, 0.25) is 0 Å². The summed E-state index contributed by atoms with van der Waals surface area (Å²) in [5.41, 5.74) is 6.31. The maximum atomic E-state index is 5.48. The Labute approximate surface area is 173 Å². The Morgan fingerprint density at radius 3 is 2.72 bits per heavy atom. The van der Waals surface area contributed by atoms with E-state index in [0.29, 0.717) is 6.10 Å². The molecule has 0 saturated carbocycles. The summed E-state index contributed by atoms with van der Waals surface area (Å²) in [7, 11) is 1.81. The van der Waals surface area contributed by atoms with Gasteiger partial charge in [-0.1, -0.05) is 24.8 Å². The third kappa shape index (κ3) is 4.57. The summed E-state index contributed by atoms with van der Waals surface area (Å²) in [6.07, 6.45) is 8.47. The standard InChI is InChI=1S/C24H30N4O/c1-18-15-21(24-25-10-4-11-26-24)5-6-23(18)20-7-13-28(14-8-20)19(2)16-27-12-9-22(17-27)29-3/h4-7,10-11,15,22H,2,8-9,12-14,16-17H2,1,3H3. The van der Waals surface area contributed by atoms with E-state index < -0.39 is 0 Å². The van der Waals surface area contributed by atoms with Crippen molar-refractivity contribution in [1.29, 1.82) is 0 Å². The summed E-state index contributed by atoms with van der Waals surface area (Å²) in [6.45, 7) is 11.5. The highest BCUT2D eigenvalue weighted by Crippen LogP contribution is 2.29. The van der Waals surface area contributed by atoms with Gasteiger partial charge >= 0.3 is 0 Å². The largest absolute Gasteiger partial charge is 0.380 e. The molecule has 152 valence electrons. The number of nitrogens with zero attached hydrogens (tertiary/aromatic N) is 4. The van der Waals surface area contributed by atoms with Crippen molar-refractivity contribution in [2.24, 2.45) is 0 Å². The lowest BCUT2D eigenvalue weighted by Crippen LogP contribution is -2.34. The minimum Gasteiger partial charge on any atom is -0.380 e. The molecule has 1 atom stereocenters. The van der Waals surface area contributed by atoms with Gasteiger partial charge < -0.3 is 9.64 Å². The Morgan fingerprint density at radius 2 is 2.07 bits per heavy atom. The van der Waals surface area contributed by atoms with Crippen molar-refractivity contribution in [2.75, 3.05) is 39.8 Å². The molecule has 0 bridgehead atoms. The van der Waals surface area contributed by atoms with Crippen LogP contribution in [0.1, 0.15) is 24.0 Å². The van der Waals surface area contributed by atoms with Crippen molar-refractivity contribution < 1.29 is 4.74 Å². The van der Waals surface area contributed by atoms with Crippen molar-refractivity contribution in [3.8, 4) is 11.4 Å². The van der Waals surface area contributed by atoms with E-state index in [-0.39, 0.29) is 0 Å². The van der Waals surface area contributed by atoms with Gasteiger partial charge in [-0.2, -0.15) is 0 Å². The van der Waals surface area contributed by atoms with Crippen LogP contribution in [0.5, 0.6) is 0 Å². The maximum absolute atomic E-state index is 5.48. The van der Waals surface area contributed by atoms with Gasteiger partial charge in [-0.25, -0.2) is 9.97 Å². The van der Waals surface area contributed by atoms with Crippen molar-refractivity contribution in [3.05, 3.63) is 66.1 Å². The molecule has 1 unspecified atom stereocenters. The summed E-state index contributed by atoms with van der Waals surface area (Å²) in [5.74, 6) is 0.778. The first-order chi connectivity index (χ1) is 14.1. The van der Waals surface area contributed by atoms with Crippen LogP contribution in [0.25, 0.3) is 17.0 Å². The third-order valence-corrected chi connectivity index (χ3v) is 6.02. The molecule has 0 amide bonds. The highest BCUT2D eigenvalue weighted by molar-refractivity contribution is 5.72. The Balaban J connectivity index is 1.39. The fraction of sp³-hybridized carbons (Fsp3) is 0.417. The zero-order valence-corrected chi connectivity index (χ0v) is 17.5. The van der Waals surface area contributed by atoms with Crippen LogP contribution in [0.3, 0.4) is 0 Å². The fourth-order valence-corrected chi connectivity index (χ4v) is 4.30. The molecule has 29 heavy (non-hydrogen) atoms. The zero-order chi connectivity index (χ0) is 20.2. The average molecular weight is 391 g/mol. The van der Waals surface area contributed by atoms with Crippen molar-refractivity contribution >= 4 is 5.57 Å². The molecule has 1 aromatic heterocycles. The van der Waals surface area contributed by atoms with Gasteiger partial charge in [-0.3, -0.25) is 4.90 Å². The van der Waals surface area contributed by atoms with Gasteiger partial charge in [0.15, 0.2) is 5.82 Å². The topological polar surface area (TPSA) is 41.5 Å². The molecule has 5 nitrogen and oxygen atoms in total. The minimum atomic E-state index is 0.378. The number of hydrogen-bond acceptors (Lipinski definition) is 5. The van der Waals surface area contributed by atoms with E-state index in [4.69, 9.17) is 4.74 Å². The number of hydrogen-bond donors (Lipinski definition) is 0. The summed E-state index contributed by atoms with van der Waals surface area (Å²) < 4.78 is 5.48. The van der Waals surface area contributed by atoms with Gasteiger partial charge in [0.1, 0.15) is 0 Å². The Kier molecular flexibility index (Phi) is 6.07. The van der Waals surface area contributed by atoms with E-state index in [9.17, 15) is 0 Å². The molecule has 2 aromatic rings. The average Bonchev–Trinajstić information content (AvgIpc) is 3.22. The van der Waals surface area contributed by atoms with Crippen LogP contribution in [0.2, 0.25) is 0 Å². The van der Waals surface area contributed by atoms with Crippen LogP contribution in [-0.2, 0) is 4.74 Å². The van der Waals surface area contributed by atoms with Crippen molar-refractivity contribution in [1.82, 2.24) is 19.8 Å². The third-order valence-electron chi connectivity index (χ3n) is 6.02. The quantitative estimate of drug-likeness (QED) is 0.751. The number of ether oxygens (including phenoxy) is 1. The van der Waals surface area contributed by atoms with E-state index in [1.54, 1.807) is 19.5 Å². The molecule has 0 N–H and O–H groups in total. The van der Waals surface area contributed by atoms with E-state index in [0.717, 1.165) is 57.0 Å².